The summed E-state index contributed by atoms with van der Waals surface area (Å²) in [6, 6.07) is 30.2. The maximum absolute atomic E-state index is 13.1. The molecule has 0 amide bonds. The molecule has 0 aromatic heterocycles. The second-order valence-electron chi connectivity index (χ2n) is 9.64. The Morgan fingerprint density at radius 3 is 1.85 bits per heavy atom. The largest absolute Gasteiger partial charge is 0.343 e. The standard InChI is InChI=1S/C33H27N3O5/c1-21-4-8-26(9-5-21)32(38)27-12-18-30(19-13-27)36(28-14-6-24(7-15-28)20-34-40-23(3)37)29-16-10-25(11-17-29)31-22(2)33(39)41-35-31/h4-20,22H,1-3H3/b34-20+. The van der Waals surface area contributed by atoms with Gasteiger partial charge in [-0.1, -0.05) is 64.4 Å². The lowest BCUT2D eigenvalue weighted by Gasteiger charge is -2.26. The van der Waals surface area contributed by atoms with E-state index in [0.29, 0.717) is 16.8 Å². The number of nitrogens with zero attached hydrogens (tertiary/aromatic N) is 3. The van der Waals surface area contributed by atoms with E-state index < -0.39 is 11.9 Å². The number of hydrogen-bond acceptors (Lipinski definition) is 8. The van der Waals surface area contributed by atoms with Gasteiger partial charge in [-0.25, -0.2) is 9.59 Å². The molecular weight excluding hydrogens is 518 g/mol. The quantitative estimate of drug-likeness (QED) is 0.109. The average molecular weight is 546 g/mol. The monoisotopic (exact) mass is 545 g/mol. The van der Waals surface area contributed by atoms with E-state index >= 15 is 0 Å². The molecule has 1 aliphatic rings. The summed E-state index contributed by atoms with van der Waals surface area (Å²) in [4.78, 5) is 47.4. The van der Waals surface area contributed by atoms with Crippen LogP contribution in [0.4, 0.5) is 17.1 Å². The first-order valence-electron chi connectivity index (χ1n) is 13.0. The molecule has 0 N–H and O–H groups in total. The van der Waals surface area contributed by atoms with Crippen molar-refractivity contribution in [1.29, 1.82) is 0 Å². The summed E-state index contributed by atoms with van der Waals surface area (Å²) in [5, 5.41) is 7.62. The Labute approximate surface area is 237 Å². The van der Waals surface area contributed by atoms with Gasteiger partial charge in [0.05, 0.1) is 6.21 Å². The molecule has 4 aromatic carbocycles. The Morgan fingerprint density at radius 2 is 1.34 bits per heavy atom. The van der Waals surface area contributed by atoms with Crippen LogP contribution in [-0.4, -0.2) is 29.6 Å². The van der Waals surface area contributed by atoms with Gasteiger partial charge in [-0.15, -0.1) is 0 Å². The molecule has 8 heteroatoms. The van der Waals surface area contributed by atoms with Gasteiger partial charge in [0.25, 0.3) is 0 Å². The van der Waals surface area contributed by atoms with Crippen LogP contribution in [0, 0.1) is 12.8 Å². The van der Waals surface area contributed by atoms with Crippen LogP contribution in [-0.2, 0) is 19.3 Å². The van der Waals surface area contributed by atoms with E-state index in [1.807, 2.05) is 109 Å². The molecule has 0 fully saturated rings. The predicted molar refractivity (Wildman–Crippen MR) is 157 cm³/mol. The summed E-state index contributed by atoms with van der Waals surface area (Å²) in [6.45, 7) is 5.03. The van der Waals surface area contributed by atoms with Gasteiger partial charge in [0.1, 0.15) is 11.6 Å². The van der Waals surface area contributed by atoms with Crippen LogP contribution in [0.25, 0.3) is 0 Å². The zero-order valence-corrected chi connectivity index (χ0v) is 22.8. The third-order valence-electron chi connectivity index (χ3n) is 6.65. The summed E-state index contributed by atoms with van der Waals surface area (Å²) in [7, 11) is 0. The number of hydrogen-bond donors (Lipinski definition) is 0. The smallest absolute Gasteiger partial charge is 0.319 e. The highest BCUT2D eigenvalue weighted by Crippen LogP contribution is 2.35. The SMILES string of the molecule is CC(=O)O/N=C/c1ccc(N(c2ccc(C(=O)c3ccc(C)cc3)cc2)c2ccc(C3=NOC(=O)C3C)cc2)cc1. The van der Waals surface area contributed by atoms with Crippen molar-refractivity contribution in [3.63, 3.8) is 0 Å². The van der Waals surface area contributed by atoms with Gasteiger partial charge in [-0.3, -0.25) is 4.79 Å². The molecule has 0 radical (unpaired) electrons. The molecule has 8 nitrogen and oxygen atoms in total. The van der Waals surface area contributed by atoms with E-state index in [1.165, 1.54) is 13.1 Å². The Bertz CT molecular complexity index is 1640. The highest BCUT2D eigenvalue weighted by molar-refractivity contribution is 6.14. The zero-order valence-electron chi connectivity index (χ0n) is 22.8. The third kappa shape index (κ3) is 6.12. The number of anilines is 3. The highest BCUT2D eigenvalue weighted by Gasteiger charge is 2.29. The van der Waals surface area contributed by atoms with E-state index in [4.69, 9.17) is 4.84 Å². The molecule has 1 heterocycles. The van der Waals surface area contributed by atoms with Gasteiger partial charge in [0, 0.05) is 40.7 Å². The molecule has 0 saturated carbocycles. The van der Waals surface area contributed by atoms with Crippen LogP contribution in [0.5, 0.6) is 0 Å². The Balaban J connectivity index is 1.47. The van der Waals surface area contributed by atoms with Crippen molar-refractivity contribution < 1.29 is 24.1 Å². The van der Waals surface area contributed by atoms with E-state index in [9.17, 15) is 14.4 Å². The maximum atomic E-state index is 13.1. The fourth-order valence-corrected chi connectivity index (χ4v) is 4.40. The van der Waals surface area contributed by atoms with Crippen LogP contribution < -0.4 is 4.90 Å². The lowest BCUT2D eigenvalue weighted by Crippen LogP contribution is -2.15. The molecule has 204 valence electrons. The van der Waals surface area contributed by atoms with Gasteiger partial charge in [-0.2, -0.15) is 0 Å². The van der Waals surface area contributed by atoms with Crippen molar-refractivity contribution in [3.8, 4) is 0 Å². The molecule has 1 aliphatic heterocycles. The first-order valence-corrected chi connectivity index (χ1v) is 13.0. The second-order valence-corrected chi connectivity index (χ2v) is 9.64. The molecular formula is C33H27N3O5. The minimum atomic E-state index is -0.495. The lowest BCUT2D eigenvalue weighted by atomic mass is 9.98. The molecule has 0 aliphatic carbocycles. The van der Waals surface area contributed by atoms with Gasteiger partial charge in [0.15, 0.2) is 5.78 Å². The van der Waals surface area contributed by atoms with Crippen LogP contribution in [0.15, 0.2) is 107 Å². The highest BCUT2D eigenvalue weighted by atomic mass is 16.7. The zero-order chi connectivity index (χ0) is 28.9. The van der Waals surface area contributed by atoms with Gasteiger partial charge < -0.3 is 14.6 Å². The van der Waals surface area contributed by atoms with Crippen LogP contribution >= 0.6 is 0 Å². The Morgan fingerprint density at radius 1 is 0.829 bits per heavy atom. The summed E-state index contributed by atoms with van der Waals surface area (Å²) >= 11 is 0. The van der Waals surface area contributed by atoms with Gasteiger partial charge in [0.2, 0.25) is 0 Å². The average Bonchev–Trinajstić information content (AvgIpc) is 3.32. The second kappa shape index (κ2) is 11.8. The number of ketones is 1. The summed E-state index contributed by atoms with van der Waals surface area (Å²) < 4.78 is 0. The summed E-state index contributed by atoms with van der Waals surface area (Å²) in [5.74, 6) is -1.35. The number of carbonyl (C=O) groups is 3. The maximum Gasteiger partial charge on any atom is 0.343 e. The lowest BCUT2D eigenvalue weighted by molar-refractivity contribution is -0.143. The number of rotatable bonds is 8. The van der Waals surface area contributed by atoms with Gasteiger partial charge in [-0.05, 0) is 67.9 Å². The fraction of sp³-hybridized carbons (Fsp3) is 0.121. The van der Waals surface area contributed by atoms with Crippen LogP contribution in [0.3, 0.4) is 0 Å². The third-order valence-corrected chi connectivity index (χ3v) is 6.65. The number of benzene rings is 4. The predicted octanol–water partition coefficient (Wildman–Crippen LogP) is 6.49. The molecule has 41 heavy (non-hydrogen) atoms. The van der Waals surface area contributed by atoms with Crippen molar-refractivity contribution >= 4 is 46.7 Å². The Kier molecular flexibility index (Phi) is 7.83. The van der Waals surface area contributed by atoms with E-state index in [0.717, 1.165) is 33.8 Å². The minimum absolute atomic E-state index is 0.0490. The first-order chi connectivity index (χ1) is 19.8. The van der Waals surface area contributed by atoms with Crippen molar-refractivity contribution in [2.45, 2.75) is 20.8 Å². The molecule has 1 unspecified atom stereocenters. The minimum Gasteiger partial charge on any atom is -0.319 e. The van der Waals surface area contributed by atoms with Crippen LogP contribution in [0.2, 0.25) is 0 Å². The van der Waals surface area contributed by atoms with E-state index in [-0.39, 0.29) is 11.8 Å². The fourth-order valence-electron chi connectivity index (χ4n) is 4.40. The van der Waals surface area contributed by atoms with E-state index in [1.54, 1.807) is 6.92 Å². The number of aryl methyl sites for hydroxylation is 1. The van der Waals surface area contributed by atoms with Gasteiger partial charge >= 0.3 is 11.9 Å². The van der Waals surface area contributed by atoms with Crippen molar-refractivity contribution in [1.82, 2.24) is 0 Å². The molecule has 0 spiro atoms. The van der Waals surface area contributed by atoms with Crippen molar-refractivity contribution in [2.75, 3.05) is 4.90 Å². The Hall–Kier alpha value is -5.37. The summed E-state index contributed by atoms with van der Waals surface area (Å²) in [5.41, 5.74) is 6.99. The molecule has 0 bridgehead atoms. The number of carbonyl (C=O) groups excluding carboxylic acids is 3. The summed E-state index contributed by atoms with van der Waals surface area (Å²) in [6.07, 6.45) is 1.46. The van der Waals surface area contributed by atoms with Crippen molar-refractivity contribution in [2.24, 2.45) is 16.2 Å². The van der Waals surface area contributed by atoms with E-state index in [2.05, 4.69) is 15.1 Å². The molecule has 5 rings (SSSR count). The van der Waals surface area contributed by atoms with Crippen LogP contribution in [0.1, 0.15) is 46.5 Å². The normalized spacial score (nSPS) is 14.5. The molecule has 1 atom stereocenters. The molecule has 0 saturated heterocycles. The first kappa shape index (κ1) is 27.2. The van der Waals surface area contributed by atoms with Crippen molar-refractivity contribution in [3.05, 3.63) is 125 Å². The topological polar surface area (TPSA) is 97.6 Å². The number of oxime groups is 2. The molecule has 4 aromatic rings.